The minimum Gasteiger partial charge on any atom is -0.381 e. The molecule has 0 aliphatic carbocycles. The van der Waals surface area contributed by atoms with Crippen LogP contribution < -0.4 is 5.73 Å². The molecule has 1 aromatic rings. The maximum atomic E-state index is 6.34. The number of nitrogens with zero attached hydrogens (tertiary/aromatic N) is 1. The topological polar surface area (TPSA) is 38.5 Å². The number of hydrogen-bond acceptors (Lipinski definition) is 3. The van der Waals surface area contributed by atoms with E-state index < -0.39 is 0 Å². The summed E-state index contributed by atoms with van der Waals surface area (Å²) in [5, 5.41) is 1.25. The van der Waals surface area contributed by atoms with Gasteiger partial charge in [-0.1, -0.05) is 35.3 Å². The van der Waals surface area contributed by atoms with Crippen molar-refractivity contribution in [2.45, 2.75) is 38.0 Å². The van der Waals surface area contributed by atoms with Gasteiger partial charge in [0.25, 0.3) is 0 Å². The minimum absolute atomic E-state index is 0.201. The van der Waals surface area contributed by atoms with E-state index in [0.717, 1.165) is 24.9 Å². The van der Waals surface area contributed by atoms with Crippen molar-refractivity contribution in [1.82, 2.24) is 4.90 Å². The zero-order valence-electron chi connectivity index (χ0n) is 12.0. The maximum Gasteiger partial charge on any atom is 0.0640 e. The second kappa shape index (κ2) is 7.10. The second-order valence-electron chi connectivity index (χ2n) is 5.33. The highest BCUT2D eigenvalue weighted by atomic mass is 35.5. The molecule has 0 spiro atoms. The summed E-state index contributed by atoms with van der Waals surface area (Å²) in [4.78, 5) is 2.41. The van der Waals surface area contributed by atoms with Gasteiger partial charge in [0.15, 0.2) is 0 Å². The van der Waals surface area contributed by atoms with Crippen LogP contribution >= 0.6 is 23.2 Å². The van der Waals surface area contributed by atoms with E-state index in [4.69, 9.17) is 33.7 Å². The molecule has 1 fully saturated rings. The molecule has 0 bridgehead atoms. The normalized spacial score (nSPS) is 25.6. The van der Waals surface area contributed by atoms with E-state index in [1.54, 1.807) is 7.11 Å². The van der Waals surface area contributed by atoms with Crippen LogP contribution in [-0.2, 0) is 4.74 Å². The molecule has 0 saturated carbocycles. The molecule has 1 aromatic carbocycles. The molecular formula is C15H22Cl2N2O. The van der Waals surface area contributed by atoms with Crippen molar-refractivity contribution >= 4 is 23.2 Å². The Bertz CT molecular complexity index is 455. The van der Waals surface area contributed by atoms with Crippen molar-refractivity contribution in [2.75, 3.05) is 20.2 Å². The average molecular weight is 317 g/mol. The predicted octanol–water partition coefficient (Wildman–Crippen LogP) is 3.49. The van der Waals surface area contributed by atoms with Crippen LogP contribution in [0.2, 0.25) is 10.0 Å². The number of likely N-dealkylation sites (tertiary alicyclic amines) is 1. The molecular weight excluding hydrogens is 295 g/mol. The van der Waals surface area contributed by atoms with E-state index in [0.29, 0.717) is 28.7 Å². The number of benzene rings is 1. The van der Waals surface area contributed by atoms with Gasteiger partial charge in [-0.05, 0) is 31.4 Å². The monoisotopic (exact) mass is 316 g/mol. The van der Waals surface area contributed by atoms with Gasteiger partial charge in [-0.15, -0.1) is 0 Å². The molecule has 3 unspecified atom stereocenters. The number of rotatable bonds is 4. The van der Waals surface area contributed by atoms with E-state index >= 15 is 0 Å². The molecule has 1 aliphatic heterocycles. The summed E-state index contributed by atoms with van der Waals surface area (Å²) in [6.45, 7) is 3.75. The molecule has 112 valence electrons. The third-order valence-corrected chi connectivity index (χ3v) is 5.08. The van der Waals surface area contributed by atoms with Gasteiger partial charge >= 0.3 is 0 Å². The zero-order valence-corrected chi connectivity index (χ0v) is 13.5. The molecule has 5 heteroatoms. The quantitative estimate of drug-likeness (QED) is 0.924. The summed E-state index contributed by atoms with van der Waals surface area (Å²) in [5.74, 6) is 0. The Morgan fingerprint density at radius 2 is 2.20 bits per heavy atom. The van der Waals surface area contributed by atoms with Crippen molar-refractivity contribution < 1.29 is 4.74 Å². The third-order valence-electron chi connectivity index (χ3n) is 4.25. The lowest BCUT2D eigenvalue weighted by atomic mass is 9.95. The highest BCUT2D eigenvalue weighted by Gasteiger charge is 2.31. The lowest BCUT2D eigenvalue weighted by Crippen LogP contribution is -2.49. The number of nitrogens with two attached hydrogens (primary N) is 1. The van der Waals surface area contributed by atoms with E-state index in [2.05, 4.69) is 11.8 Å². The van der Waals surface area contributed by atoms with Crippen LogP contribution in [0.4, 0.5) is 0 Å². The van der Waals surface area contributed by atoms with Gasteiger partial charge in [0.2, 0.25) is 0 Å². The van der Waals surface area contributed by atoms with Gasteiger partial charge in [0, 0.05) is 32.3 Å². The zero-order chi connectivity index (χ0) is 14.7. The average Bonchev–Trinajstić information content (AvgIpc) is 2.48. The van der Waals surface area contributed by atoms with E-state index in [9.17, 15) is 0 Å². The Morgan fingerprint density at radius 3 is 2.85 bits per heavy atom. The van der Waals surface area contributed by atoms with Crippen molar-refractivity contribution in [1.29, 1.82) is 0 Å². The summed E-state index contributed by atoms with van der Waals surface area (Å²) < 4.78 is 5.47. The fourth-order valence-corrected chi connectivity index (χ4v) is 3.48. The van der Waals surface area contributed by atoms with E-state index in [1.807, 2.05) is 18.2 Å². The SMILES string of the molecule is COC1CCN(C(C)c2cccc(Cl)c2Cl)C(CN)C1. The Hall–Kier alpha value is -0.320. The van der Waals surface area contributed by atoms with Gasteiger partial charge in [-0.2, -0.15) is 0 Å². The van der Waals surface area contributed by atoms with Gasteiger partial charge in [-0.25, -0.2) is 0 Å². The van der Waals surface area contributed by atoms with Crippen LogP contribution in [0.3, 0.4) is 0 Å². The predicted molar refractivity (Wildman–Crippen MR) is 84.5 cm³/mol. The second-order valence-corrected chi connectivity index (χ2v) is 6.11. The molecule has 0 aromatic heterocycles. The molecule has 2 rings (SSSR count). The third kappa shape index (κ3) is 3.29. The first-order chi connectivity index (χ1) is 9.58. The number of piperidine rings is 1. The highest BCUT2D eigenvalue weighted by Crippen LogP contribution is 2.35. The number of methoxy groups -OCH3 is 1. The van der Waals surface area contributed by atoms with Crippen LogP contribution in [0.5, 0.6) is 0 Å². The molecule has 1 heterocycles. The number of halogens is 2. The highest BCUT2D eigenvalue weighted by molar-refractivity contribution is 6.42. The largest absolute Gasteiger partial charge is 0.381 e. The first kappa shape index (κ1) is 16.1. The summed E-state index contributed by atoms with van der Waals surface area (Å²) in [7, 11) is 1.77. The Morgan fingerprint density at radius 1 is 1.45 bits per heavy atom. The van der Waals surface area contributed by atoms with Crippen LogP contribution in [0.15, 0.2) is 18.2 Å². The lowest BCUT2D eigenvalue weighted by Gasteiger charge is -2.42. The molecule has 20 heavy (non-hydrogen) atoms. The summed E-state index contributed by atoms with van der Waals surface area (Å²) in [6.07, 6.45) is 2.30. The van der Waals surface area contributed by atoms with Crippen LogP contribution in [0.25, 0.3) is 0 Å². The van der Waals surface area contributed by atoms with E-state index in [1.165, 1.54) is 0 Å². The fraction of sp³-hybridized carbons (Fsp3) is 0.600. The van der Waals surface area contributed by atoms with Crippen molar-refractivity contribution in [3.8, 4) is 0 Å². The van der Waals surface area contributed by atoms with E-state index in [-0.39, 0.29) is 6.04 Å². The van der Waals surface area contributed by atoms with Gasteiger partial charge in [0.1, 0.15) is 0 Å². The molecule has 3 nitrogen and oxygen atoms in total. The van der Waals surface area contributed by atoms with Crippen molar-refractivity contribution in [3.05, 3.63) is 33.8 Å². The van der Waals surface area contributed by atoms with Crippen LogP contribution in [-0.4, -0.2) is 37.2 Å². The first-order valence-corrected chi connectivity index (χ1v) is 7.76. The summed E-state index contributed by atoms with van der Waals surface area (Å²) >= 11 is 12.5. The minimum atomic E-state index is 0.201. The molecule has 2 N–H and O–H groups in total. The van der Waals surface area contributed by atoms with Gasteiger partial charge < -0.3 is 10.5 Å². The van der Waals surface area contributed by atoms with Gasteiger partial charge in [0.05, 0.1) is 16.1 Å². The molecule has 3 atom stereocenters. The molecule has 0 amide bonds. The molecule has 1 saturated heterocycles. The Labute approximate surface area is 131 Å². The fourth-order valence-electron chi connectivity index (χ4n) is 3.01. The van der Waals surface area contributed by atoms with Crippen molar-refractivity contribution in [3.63, 3.8) is 0 Å². The lowest BCUT2D eigenvalue weighted by molar-refractivity contribution is -0.00162. The first-order valence-electron chi connectivity index (χ1n) is 7.01. The Balaban J connectivity index is 2.19. The molecule has 0 radical (unpaired) electrons. The van der Waals surface area contributed by atoms with Crippen LogP contribution in [0, 0.1) is 0 Å². The maximum absolute atomic E-state index is 6.34. The number of ether oxygens (including phenoxy) is 1. The van der Waals surface area contributed by atoms with Crippen molar-refractivity contribution in [2.24, 2.45) is 5.73 Å². The standard InChI is InChI=1S/C15H22Cl2N2O/c1-10(13-4-3-5-14(16)15(13)17)19-7-6-12(20-2)8-11(19)9-18/h3-5,10-12H,6-9,18H2,1-2H3. The van der Waals surface area contributed by atoms with Crippen LogP contribution in [0.1, 0.15) is 31.4 Å². The molecule has 1 aliphatic rings. The van der Waals surface area contributed by atoms with Gasteiger partial charge in [-0.3, -0.25) is 4.90 Å². The number of hydrogen-bond donors (Lipinski definition) is 1. The Kier molecular flexibility index (Phi) is 5.70. The smallest absolute Gasteiger partial charge is 0.0640 e. The summed E-state index contributed by atoms with van der Waals surface area (Å²) in [5.41, 5.74) is 7.00. The summed E-state index contributed by atoms with van der Waals surface area (Å²) in [6, 6.07) is 6.32.